The van der Waals surface area contributed by atoms with E-state index in [1.807, 2.05) is 31.2 Å². The molecule has 1 amide bonds. The van der Waals surface area contributed by atoms with Crippen molar-refractivity contribution in [3.63, 3.8) is 0 Å². The predicted molar refractivity (Wildman–Crippen MR) is 119 cm³/mol. The van der Waals surface area contributed by atoms with Crippen LogP contribution in [0.15, 0.2) is 54.1 Å². The number of aliphatic hydroxyl groups excluding tert-OH is 1. The molecule has 6 nitrogen and oxygen atoms in total. The van der Waals surface area contributed by atoms with Crippen LogP contribution in [0, 0.1) is 12.8 Å². The molecule has 1 heterocycles. The van der Waals surface area contributed by atoms with Crippen molar-refractivity contribution in [3.8, 4) is 5.75 Å². The van der Waals surface area contributed by atoms with Crippen LogP contribution in [-0.4, -0.2) is 48.6 Å². The van der Waals surface area contributed by atoms with Gasteiger partial charge in [0.1, 0.15) is 11.5 Å². The van der Waals surface area contributed by atoms with Gasteiger partial charge in [0.05, 0.1) is 24.8 Å². The molecular formula is C25H29NO5. The Balaban J connectivity index is 2.04. The first-order valence-corrected chi connectivity index (χ1v) is 10.4. The molecule has 1 saturated heterocycles. The summed E-state index contributed by atoms with van der Waals surface area (Å²) in [4.78, 5) is 27.2. The Hall–Kier alpha value is -3.12. The highest BCUT2D eigenvalue weighted by Crippen LogP contribution is 2.40. The highest BCUT2D eigenvalue weighted by molar-refractivity contribution is 6.46. The average molecular weight is 424 g/mol. The molecule has 31 heavy (non-hydrogen) atoms. The van der Waals surface area contributed by atoms with Gasteiger partial charge >= 0.3 is 0 Å². The topological polar surface area (TPSA) is 76.1 Å². The Morgan fingerprint density at radius 2 is 1.77 bits per heavy atom. The Morgan fingerprint density at radius 1 is 1.10 bits per heavy atom. The van der Waals surface area contributed by atoms with Gasteiger partial charge in [-0.1, -0.05) is 38.1 Å². The Bertz CT molecular complexity index is 978. The zero-order chi connectivity index (χ0) is 22.5. The van der Waals surface area contributed by atoms with Crippen LogP contribution in [0.25, 0.3) is 5.76 Å². The van der Waals surface area contributed by atoms with Crippen molar-refractivity contribution in [1.29, 1.82) is 0 Å². The van der Waals surface area contributed by atoms with E-state index in [4.69, 9.17) is 9.47 Å². The monoisotopic (exact) mass is 423 g/mol. The minimum Gasteiger partial charge on any atom is -0.507 e. The minimum absolute atomic E-state index is 0.0891. The van der Waals surface area contributed by atoms with E-state index in [1.54, 1.807) is 31.4 Å². The first kappa shape index (κ1) is 22.6. The summed E-state index contributed by atoms with van der Waals surface area (Å²) in [6.45, 7) is 7.18. The van der Waals surface area contributed by atoms with Gasteiger partial charge in [0.15, 0.2) is 0 Å². The number of carbonyl (C=O) groups is 2. The molecule has 6 heteroatoms. The number of amides is 1. The molecule has 1 N–H and O–H groups in total. The van der Waals surface area contributed by atoms with Gasteiger partial charge < -0.3 is 19.5 Å². The van der Waals surface area contributed by atoms with Crippen molar-refractivity contribution in [2.45, 2.75) is 26.8 Å². The van der Waals surface area contributed by atoms with E-state index < -0.39 is 17.7 Å². The molecule has 1 aliphatic heterocycles. The standard InChI is InChI=1S/C25H29NO5/c1-16(2)15-31-19-11-9-18(10-12-19)23(27)21-22(20-8-6-5-7-17(20)3)26(13-14-30-4)25(29)24(21)28/h5-12,16,22,27H,13-15H2,1-4H3/b23-21-. The number of methoxy groups -OCH3 is 1. The molecule has 1 aliphatic rings. The second-order valence-corrected chi connectivity index (χ2v) is 8.07. The van der Waals surface area contributed by atoms with E-state index in [0.717, 1.165) is 11.1 Å². The maximum absolute atomic E-state index is 13.0. The van der Waals surface area contributed by atoms with Crippen molar-refractivity contribution in [2.75, 3.05) is 26.9 Å². The molecule has 1 fully saturated rings. The number of aryl methyl sites for hydroxylation is 1. The number of nitrogens with zero attached hydrogens (tertiary/aromatic N) is 1. The average Bonchev–Trinajstić information content (AvgIpc) is 3.01. The fraction of sp³-hybridized carbons (Fsp3) is 0.360. The summed E-state index contributed by atoms with van der Waals surface area (Å²) in [6.07, 6.45) is 0. The fourth-order valence-electron chi connectivity index (χ4n) is 3.64. The molecule has 2 aromatic rings. The Morgan fingerprint density at radius 3 is 2.39 bits per heavy atom. The SMILES string of the molecule is COCCN1C(=O)C(=O)/C(=C(\O)c2ccc(OCC(C)C)cc2)C1c1ccccc1C. The highest BCUT2D eigenvalue weighted by atomic mass is 16.5. The summed E-state index contributed by atoms with van der Waals surface area (Å²) in [5.74, 6) is -0.445. The third kappa shape index (κ3) is 4.80. The van der Waals surface area contributed by atoms with Crippen molar-refractivity contribution in [3.05, 3.63) is 70.8 Å². The maximum Gasteiger partial charge on any atom is 0.295 e. The summed E-state index contributed by atoms with van der Waals surface area (Å²) >= 11 is 0. The lowest BCUT2D eigenvalue weighted by Crippen LogP contribution is -2.32. The number of ketones is 1. The number of aliphatic hydroxyl groups is 1. The summed E-state index contributed by atoms with van der Waals surface area (Å²) in [6, 6.07) is 13.8. The number of benzene rings is 2. The van der Waals surface area contributed by atoms with Crippen molar-refractivity contribution in [2.24, 2.45) is 5.92 Å². The number of carbonyl (C=O) groups excluding carboxylic acids is 2. The van der Waals surface area contributed by atoms with E-state index in [1.165, 1.54) is 4.90 Å². The summed E-state index contributed by atoms with van der Waals surface area (Å²) in [5.41, 5.74) is 2.28. The molecule has 1 unspecified atom stereocenters. The molecule has 2 aromatic carbocycles. The van der Waals surface area contributed by atoms with Crippen LogP contribution in [0.5, 0.6) is 5.75 Å². The highest BCUT2D eigenvalue weighted by Gasteiger charge is 2.46. The van der Waals surface area contributed by atoms with E-state index in [2.05, 4.69) is 13.8 Å². The van der Waals surface area contributed by atoms with E-state index >= 15 is 0 Å². The Kier molecular flexibility index (Phi) is 7.13. The van der Waals surface area contributed by atoms with Gasteiger partial charge in [0, 0.05) is 19.2 Å². The molecule has 0 aliphatic carbocycles. The lowest BCUT2D eigenvalue weighted by atomic mass is 9.92. The van der Waals surface area contributed by atoms with Crippen LogP contribution < -0.4 is 4.74 Å². The number of hydrogen-bond donors (Lipinski definition) is 1. The molecule has 164 valence electrons. The smallest absolute Gasteiger partial charge is 0.295 e. The van der Waals surface area contributed by atoms with Gasteiger partial charge in [-0.3, -0.25) is 9.59 Å². The van der Waals surface area contributed by atoms with Gasteiger partial charge in [-0.05, 0) is 48.2 Å². The molecule has 0 bridgehead atoms. The van der Waals surface area contributed by atoms with Crippen LogP contribution in [0.2, 0.25) is 0 Å². The number of ether oxygens (including phenoxy) is 2. The largest absolute Gasteiger partial charge is 0.507 e. The van der Waals surface area contributed by atoms with E-state index in [-0.39, 0.29) is 24.5 Å². The lowest BCUT2D eigenvalue weighted by molar-refractivity contribution is -0.140. The van der Waals surface area contributed by atoms with Crippen LogP contribution in [0.4, 0.5) is 0 Å². The molecular weight excluding hydrogens is 394 g/mol. The first-order valence-electron chi connectivity index (χ1n) is 10.4. The van der Waals surface area contributed by atoms with Crippen molar-refractivity contribution < 1.29 is 24.2 Å². The number of hydrogen-bond acceptors (Lipinski definition) is 5. The van der Waals surface area contributed by atoms with Crippen molar-refractivity contribution in [1.82, 2.24) is 4.90 Å². The van der Waals surface area contributed by atoms with Crippen LogP contribution in [0.3, 0.4) is 0 Å². The quantitative estimate of drug-likeness (QED) is 0.393. The first-order chi connectivity index (χ1) is 14.8. The van der Waals surface area contributed by atoms with Crippen LogP contribution >= 0.6 is 0 Å². The molecule has 0 saturated carbocycles. The predicted octanol–water partition coefficient (Wildman–Crippen LogP) is 4.10. The van der Waals surface area contributed by atoms with Gasteiger partial charge in [-0.2, -0.15) is 0 Å². The molecule has 0 spiro atoms. The second kappa shape index (κ2) is 9.79. The minimum atomic E-state index is -0.693. The fourth-order valence-corrected chi connectivity index (χ4v) is 3.64. The number of Topliss-reactive ketones (excluding diaryl/α,β-unsaturated/α-hetero) is 1. The lowest BCUT2D eigenvalue weighted by Gasteiger charge is -2.26. The third-order valence-corrected chi connectivity index (χ3v) is 5.27. The molecule has 0 radical (unpaired) electrons. The normalized spacial score (nSPS) is 18.1. The summed E-state index contributed by atoms with van der Waals surface area (Å²) in [7, 11) is 1.54. The van der Waals surface area contributed by atoms with Crippen LogP contribution in [0.1, 0.15) is 36.6 Å². The molecule has 1 atom stereocenters. The third-order valence-electron chi connectivity index (χ3n) is 5.27. The van der Waals surface area contributed by atoms with Crippen LogP contribution in [-0.2, 0) is 14.3 Å². The molecule has 3 rings (SSSR count). The van der Waals surface area contributed by atoms with E-state index in [0.29, 0.717) is 23.8 Å². The number of likely N-dealkylation sites (tertiary alicyclic amines) is 1. The van der Waals surface area contributed by atoms with Gasteiger partial charge in [0.25, 0.3) is 11.7 Å². The van der Waals surface area contributed by atoms with Gasteiger partial charge in [-0.15, -0.1) is 0 Å². The Labute approximate surface area is 183 Å². The van der Waals surface area contributed by atoms with Gasteiger partial charge in [0.2, 0.25) is 0 Å². The van der Waals surface area contributed by atoms with Gasteiger partial charge in [-0.25, -0.2) is 0 Å². The zero-order valence-electron chi connectivity index (χ0n) is 18.4. The molecule has 0 aromatic heterocycles. The summed E-state index contributed by atoms with van der Waals surface area (Å²) < 4.78 is 10.8. The van der Waals surface area contributed by atoms with Crippen molar-refractivity contribution >= 4 is 17.4 Å². The maximum atomic E-state index is 13.0. The second-order valence-electron chi connectivity index (χ2n) is 8.07. The zero-order valence-corrected chi connectivity index (χ0v) is 18.4. The van der Waals surface area contributed by atoms with E-state index in [9.17, 15) is 14.7 Å². The number of rotatable bonds is 8. The summed E-state index contributed by atoms with van der Waals surface area (Å²) in [5, 5.41) is 11.1.